The summed E-state index contributed by atoms with van der Waals surface area (Å²) in [7, 11) is 1.90. The maximum absolute atomic E-state index is 12.8. The summed E-state index contributed by atoms with van der Waals surface area (Å²) in [4.78, 5) is 17.1. The first-order valence-electron chi connectivity index (χ1n) is 8.72. The van der Waals surface area contributed by atoms with Crippen molar-refractivity contribution in [3.05, 3.63) is 41.0 Å². The summed E-state index contributed by atoms with van der Waals surface area (Å²) >= 11 is 0. The first kappa shape index (κ1) is 16.4. The standard InChI is InChI=1S/C18H24N4O3/c1-12-14(13(2)25-19-12)9-21-7-8-24-17-11-22(10-16(17)21)18(23)15-5-4-6-20(15)3/h4-6,16-17H,7-11H2,1-3H3/t16-,17+/m1/s1. The second kappa shape index (κ2) is 6.31. The molecule has 134 valence electrons. The van der Waals surface area contributed by atoms with Gasteiger partial charge < -0.3 is 18.7 Å². The zero-order valence-corrected chi connectivity index (χ0v) is 14.9. The van der Waals surface area contributed by atoms with Crippen molar-refractivity contribution < 1.29 is 14.1 Å². The highest BCUT2D eigenvalue weighted by molar-refractivity contribution is 5.93. The molecule has 0 spiro atoms. The van der Waals surface area contributed by atoms with Crippen molar-refractivity contribution in [3.63, 3.8) is 0 Å². The summed E-state index contributed by atoms with van der Waals surface area (Å²) in [5.74, 6) is 0.943. The summed E-state index contributed by atoms with van der Waals surface area (Å²) < 4.78 is 13.1. The lowest BCUT2D eigenvalue weighted by Gasteiger charge is -2.36. The smallest absolute Gasteiger partial charge is 0.270 e. The average Bonchev–Trinajstić information content (AvgIpc) is 3.29. The van der Waals surface area contributed by atoms with E-state index in [1.807, 2.05) is 48.7 Å². The number of hydrogen-bond acceptors (Lipinski definition) is 5. The van der Waals surface area contributed by atoms with Crippen LogP contribution in [0.3, 0.4) is 0 Å². The highest BCUT2D eigenvalue weighted by atomic mass is 16.5. The molecule has 7 heteroatoms. The van der Waals surface area contributed by atoms with E-state index in [-0.39, 0.29) is 18.1 Å². The molecule has 2 aromatic heterocycles. The minimum atomic E-state index is 0.0680. The van der Waals surface area contributed by atoms with Gasteiger partial charge in [0.2, 0.25) is 0 Å². The number of carbonyl (C=O) groups excluding carboxylic acids is 1. The number of amides is 1. The van der Waals surface area contributed by atoms with Crippen LogP contribution in [-0.2, 0) is 18.3 Å². The molecule has 2 saturated heterocycles. The molecule has 25 heavy (non-hydrogen) atoms. The van der Waals surface area contributed by atoms with Crippen LogP contribution in [0.4, 0.5) is 0 Å². The van der Waals surface area contributed by atoms with Crippen LogP contribution in [0, 0.1) is 13.8 Å². The Hall–Kier alpha value is -2.12. The predicted molar refractivity (Wildman–Crippen MR) is 91.2 cm³/mol. The zero-order valence-electron chi connectivity index (χ0n) is 14.9. The van der Waals surface area contributed by atoms with Gasteiger partial charge in [0, 0.05) is 45.0 Å². The van der Waals surface area contributed by atoms with Gasteiger partial charge in [-0.2, -0.15) is 0 Å². The number of carbonyl (C=O) groups is 1. The van der Waals surface area contributed by atoms with Gasteiger partial charge in [-0.05, 0) is 26.0 Å². The topological polar surface area (TPSA) is 63.7 Å². The molecule has 1 amide bonds. The fraction of sp³-hybridized carbons (Fsp3) is 0.556. The Labute approximate surface area is 147 Å². The minimum absolute atomic E-state index is 0.0680. The lowest BCUT2D eigenvalue weighted by molar-refractivity contribution is -0.0505. The van der Waals surface area contributed by atoms with Crippen molar-refractivity contribution >= 4 is 5.91 Å². The van der Waals surface area contributed by atoms with E-state index >= 15 is 0 Å². The Bertz CT molecular complexity index is 762. The molecule has 4 rings (SSSR count). The number of likely N-dealkylation sites (tertiary alicyclic amines) is 1. The van der Waals surface area contributed by atoms with Crippen molar-refractivity contribution in [1.29, 1.82) is 0 Å². The number of hydrogen-bond donors (Lipinski definition) is 0. The number of nitrogens with zero attached hydrogens (tertiary/aromatic N) is 4. The van der Waals surface area contributed by atoms with Gasteiger partial charge in [-0.25, -0.2) is 0 Å². The van der Waals surface area contributed by atoms with Gasteiger partial charge in [0.05, 0.1) is 24.4 Å². The van der Waals surface area contributed by atoms with Crippen molar-refractivity contribution in [2.24, 2.45) is 7.05 Å². The molecule has 0 N–H and O–H groups in total. The summed E-state index contributed by atoms with van der Waals surface area (Å²) in [5, 5.41) is 4.05. The normalized spacial score (nSPS) is 23.9. The van der Waals surface area contributed by atoms with Gasteiger partial charge >= 0.3 is 0 Å². The van der Waals surface area contributed by atoms with E-state index in [9.17, 15) is 4.79 Å². The number of fused-ring (bicyclic) bond motifs is 1. The zero-order chi connectivity index (χ0) is 17.6. The molecule has 0 aliphatic carbocycles. The second-order valence-corrected chi connectivity index (χ2v) is 6.96. The van der Waals surface area contributed by atoms with Crippen LogP contribution in [0.1, 0.15) is 27.5 Å². The van der Waals surface area contributed by atoms with Gasteiger partial charge in [0.15, 0.2) is 0 Å². The van der Waals surface area contributed by atoms with E-state index < -0.39 is 0 Å². The molecule has 0 saturated carbocycles. The number of aryl methyl sites for hydroxylation is 3. The average molecular weight is 344 g/mol. The third kappa shape index (κ3) is 2.87. The third-order valence-corrected chi connectivity index (χ3v) is 5.41. The molecule has 2 aromatic rings. The van der Waals surface area contributed by atoms with Gasteiger partial charge in [-0.3, -0.25) is 9.69 Å². The SMILES string of the molecule is Cc1noc(C)c1CN1CCO[C@H]2CN(C(=O)c3cccn3C)C[C@H]21. The second-order valence-electron chi connectivity index (χ2n) is 6.96. The molecule has 2 aliphatic rings. The Morgan fingerprint density at radius 1 is 1.36 bits per heavy atom. The first-order valence-corrected chi connectivity index (χ1v) is 8.72. The van der Waals surface area contributed by atoms with Gasteiger partial charge in [0.25, 0.3) is 5.91 Å². The van der Waals surface area contributed by atoms with Crippen LogP contribution < -0.4 is 0 Å². The lowest BCUT2D eigenvalue weighted by atomic mass is 10.1. The highest BCUT2D eigenvalue weighted by Gasteiger charge is 2.42. The van der Waals surface area contributed by atoms with E-state index in [1.54, 1.807) is 0 Å². The van der Waals surface area contributed by atoms with E-state index in [0.29, 0.717) is 19.7 Å². The Morgan fingerprint density at radius 2 is 2.20 bits per heavy atom. The minimum Gasteiger partial charge on any atom is -0.373 e. The Kier molecular flexibility index (Phi) is 4.13. The van der Waals surface area contributed by atoms with E-state index in [0.717, 1.165) is 35.8 Å². The van der Waals surface area contributed by atoms with E-state index in [1.165, 1.54) is 0 Å². The number of rotatable bonds is 3. The number of ether oxygens (including phenoxy) is 1. The molecule has 0 unspecified atom stereocenters. The molecule has 0 radical (unpaired) electrons. The first-order chi connectivity index (χ1) is 12.0. The van der Waals surface area contributed by atoms with Crippen LogP contribution in [0.25, 0.3) is 0 Å². The predicted octanol–water partition coefficient (Wildman–Crippen LogP) is 1.36. The van der Waals surface area contributed by atoms with Crippen LogP contribution >= 0.6 is 0 Å². The van der Waals surface area contributed by atoms with Crippen LogP contribution in [0.5, 0.6) is 0 Å². The third-order valence-electron chi connectivity index (χ3n) is 5.41. The van der Waals surface area contributed by atoms with Gasteiger partial charge in [-0.1, -0.05) is 5.16 Å². The van der Waals surface area contributed by atoms with E-state index in [4.69, 9.17) is 9.26 Å². The fourth-order valence-corrected chi connectivity index (χ4v) is 3.90. The summed E-state index contributed by atoms with van der Waals surface area (Å²) in [6, 6.07) is 3.98. The van der Waals surface area contributed by atoms with Gasteiger partial charge in [-0.15, -0.1) is 0 Å². The highest BCUT2D eigenvalue weighted by Crippen LogP contribution is 2.27. The molecule has 2 atom stereocenters. The molecule has 0 bridgehead atoms. The van der Waals surface area contributed by atoms with Gasteiger partial charge in [0.1, 0.15) is 11.5 Å². The lowest BCUT2D eigenvalue weighted by Crippen LogP contribution is -2.50. The van der Waals surface area contributed by atoms with Crippen molar-refractivity contribution in [1.82, 2.24) is 19.5 Å². The summed E-state index contributed by atoms with van der Waals surface area (Å²) in [6.45, 7) is 7.60. The maximum Gasteiger partial charge on any atom is 0.270 e. The monoisotopic (exact) mass is 344 g/mol. The molecule has 2 fully saturated rings. The molecular weight excluding hydrogens is 320 g/mol. The van der Waals surface area contributed by atoms with Crippen molar-refractivity contribution in [2.45, 2.75) is 32.5 Å². The maximum atomic E-state index is 12.8. The quantitative estimate of drug-likeness (QED) is 0.841. The Morgan fingerprint density at radius 3 is 2.88 bits per heavy atom. The molecule has 2 aliphatic heterocycles. The van der Waals surface area contributed by atoms with Crippen LogP contribution in [-0.4, -0.2) is 63.8 Å². The Balaban J connectivity index is 1.50. The molecule has 7 nitrogen and oxygen atoms in total. The van der Waals surface area contributed by atoms with Crippen LogP contribution in [0.2, 0.25) is 0 Å². The fourth-order valence-electron chi connectivity index (χ4n) is 3.90. The molecule has 4 heterocycles. The van der Waals surface area contributed by atoms with Crippen molar-refractivity contribution in [3.8, 4) is 0 Å². The van der Waals surface area contributed by atoms with Crippen molar-refractivity contribution in [2.75, 3.05) is 26.2 Å². The molecule has 0 aromatic carbocycles. The number of aromatic nitrogens is 2. The summed E-state index contributed by atoms with van der Waals surface area (Å²) in [6.07, 6.45) is 1.97. The van der Waals surface area contributed by atoms with Crippen LogP contribution in [0.15, 0.2) is 22.9 Å². The molecular formula is C18H24N4O3. The van der Waals surface area contributed by atoms with E-state index in [2.05, 4.69) is 10.1 Å². The number of morpholine rings is 1. The summed E-state index contributed by atoms with van der Waals surface area (Å²) in [5.41, 5.74) is 2.80. The largest absolute Gasteiger partial charge is 0.373 e.